The molecule has 0 aliphatic rings. The van der Waals surface area contributed by atoms with Gasteiger partial charge in [-0.15, -0.1) is 0 Å². The van der Waals surface area contributed by atoms with Gasteiger partial charge in [0.1, 0.15) is 5.69 Å². The molecule has 2 rings (SSSR count). The van der Waals surface area contributed by atoms with Gasteiger partial charge in [0.25, 0.3) is 11.8 Å². The molecule has 0 radical (unpaired) electrons. The molecule has 0 aliphatic heterocycles. The first-order valence-corrected chi connectivity index (χ1v) is 8.20. The standard InChI is InChI=1S/C17H21ClN4O2/c1-11(2)7-8-19-16(23)14-15(22-10-21-14)17(24)20-9-12-5-3-4-6-13(12)18/h3-6,10-11H,7-9H2,1-2H3,(H,19,23)(H,20,24)(H,21,22). The van der Waals surface area contributed by atoms with Crippen molar-refractivity contribution in [3.63, 3.8) is 0 Å². The number of hydrogen-bond donors (Lipinski definition) is 3. The molecule has 0 aliphatic carbocycles. The van der Waals surface area contributed by atoms with Crippen LogP contribution in [-0.4, -0.2) is 28.3 Å². The Kier molecular flexibility index (Phi) is 6.37. The second kappa shape index (κ2) is 8.49. The van der Waals surface area contributed by atoms with Crippen LogP contribution in [0.2, 0.25) is 5.02 Å². The summed E-state index contributed by atoms with van der Waals surface area (Å²) in [5.41, 5.74) is 1.04. The third-order valence-electron chi connectivity index (χ3n) is 3.49. The predicted molar refractivity (Wildman–Crippen MR) is 93.0 cm³/mol. The summed E-state index contributed by atoms with van der Waals surface area (Å²) in [7, 11) is 0. The van der Waals surface area contributed by atoms with Crippen LogP contribution in [0.5, 0.6) is 0 Å². The number of aromatic nitrogens is 2. The fourth-order valence-corrected chi connectivity index (χ4v) is 2.31. The molecule has 1 aromatic carbocycles. The van der Waals surface area contributed by atoms with Crippen molar-refractivity contribution in [1.82, 2.24) is 20.6 Å². The van der Waals surface area contributed by atoms with Crippen LogP contribution in [0.3, 0.4) is 0 Å². The van der Waals surface area contributed by atoms with E-state index in [-0.39, 0.29) is 23.8 Å². The monoisotopic (exact) mass is 348 g/mol. The molecule has 0 fully saturated rings. The summed E-state index contributed by atoms with van der Waals surface area (Å²) >= 11 is 6.06. The third kappa shape index (κ3) is 4.83. The molecule has 3 N–H and O–H groups in total. The highest BCUT2D eigenvalue weighted by molar-refractivity contribution is 6.31. The molecule has 2 aromatic rings. The van der Waals surface area contributed by atoms with E-state index < -0.39 is 5.91 Å². The van der Waals surface area contributed by atoms with Gasteiger partial charge in [-0.1, -0.05) is 43.6 Å². The van der Waals surface area contributed by atoms with Gasteiger partial charge >= 0.3 is 0 Å². The van der Waals surface area contributed by atoms with Gasteiger partial charge < -0.3 is 15.6 Å². The maximum absolute atomic E-state index is 12.3. The van der Waals surface area contributed by atoms with Gasteiger partial charge in [0.05, 0.1) is 6.33 Å². The Morgan fingerprint density at radius 2 is 1.96 bits per heavy atom. The highest BCUT2D eigenvalue weighted by Crippen LogP contribution is 2.14. The van der Waals surface area contributed by atoms with Crippen molar-refractivity contribution >= 4 is 23.4 Å². The number of carbonyl (C=O) groups is 2. The van der Waals surface area contributed by atoms with Crippen LogP contribution in [0.4, 0.5) is 0 Å². The fourth-order valence-electron chi connectivity index (χ4n) is 2.10. The van der Waals surface area contributed by atoms with Crippen molar-refractivity contribution in [1.29, 1.82) is 0 Å². The quantitative estimate of drug-likeness (QED) is 0.719. The van der Waals surface area contributed by atoms with E-state index >= 15 is 0 Å². The zero-order valence-electron chi connectivity index (χ0n) is 13.7. The normalized spacial score (nSPS) is 10.7. The number of aromatic amines is 1. The minimum Gasteiger partial charge on any atom is -0.351 e. The molecule has 0 atom stereocenters. The minimum atomic E-state index is -0.401. The number of hydrogen-bond acceptors (Lipinski definition) is 3. The Balaban J connectivity index is 1.97. The fraction of sp³-hybridized carbons (Fsp3) is 0.353. The van der Waals surface area contributed by atoms with E-state index in [1.165, 1.54) is 6.33 Å². The second-order valence-corrected chi connectivity index (χ2v) is 6.25. The Hall–Kier alpha value is -2.34. The van der Waals surface area contributed by atoms with Crippen LogP contribution in [0.15, 0.2) is 30.6 Å². The maximum Gasteiger partial charge on any atom is 0.272 e. The van der Waals surface area contributed by atoms with Gasteiger partial charge in [0, 0.05) is 18.1 Å². The lowest BCUT2D eigenvalue weighted by Crippen LogP contribution is -2.30. The van der Waals surface area contributed by atoms with Crippen LogP contribution in [0, 0.1) is 5.92 Å². The highest BCUT2D eigenvalue weighted by atomic mass is 35.5. The molecule has 6 nitrogen and oxygen atoms in total. The van der Waals surface area contributed by atoms with E-state index in [1.54, 1.807) is 6.07 Å². The highest BCUT2D eigenvalue weighted by Gasteiger charge is 2.20. The summed E-state index contributed by atoms with van der Waals surface area (Å²) in [5.74, 6) is -0.274. The molecule has 0 bridgehead atoms. The number of benzene rings is 1. The van der Waals surface area contributed by atoms with Gasteiger partial charge in [-0.05, 0) is 24.0 Å². The molecule has 0 saturated heterocycles. The molecule has 0 spiro atoms. The van der Waals surface area contributed by atoms with Gasteiger partial charge in [-0.25, -0.2) is 4.98 Å². The van der Waals surface area contributed by atoms with Crippen molar-refractivity contribution in [2.75, 3.05) is 6.54 Å². The molecule has 0 unspecified atom stereocenters. The van der Waals surface area contributed by atoms with Gasteiger partial charge in [0.2, 0.25) is 0 Å². The number of H-pyrrole nitrogens is 1. The van der Waals surface area contributed by atoms with E-state index in [4.69, 9.17) is 11.6 Å². The number of nitrogens with zero attached hydrogens (tertiary/aromatic N) is 1. The second-order valence-electron chi connectivity index (χ2n) is 5.84. The van der Waals surface area contributed by atoms with E-state index in [9.17, 15) is 9.59 Å². The number of amides is 2. The maximum atomic E-state index is 12.3. The summed E-state index contributed by atoms with van der Waals surface area (Å²) in [4.78, 5) is 31.1. The summed E-state index contributed by atoms with van der Waals surface area (Å²) in [6.45, 7) is 4.97. The van der Waals surface area contributed by atoms with Crippen molar-refractivity contribution in [2.24, 2.45) is 5.92 Å². The SMILES string of the molecule is CC(C)CCNC(=O)c1nc[nH]c1C(=O)NCc1ccccc1Cl. The Morgan fingerprint density at radius 3 is 2.67 bits per heavy atom. The number of nitrogens with one attached hydrogen (secondary N) is 3. The average molecular weight is 349 g/mol. The van der Waals surface area contributed by atoms with Gasteiger partial charge in [0.15, 0.2) is 5.69 Å². The lowest BCUT2D eigenvalue weighted by molar-refractivity contribution is 0.0912. The van der Waals surface area contributed by atoms with Crippen molar-refractivity contribution < 1.29 is 9.59 Å². The van der Waals surface area contributed by atoms with Crippen LogP contribution in [0.25, 0.3) is 0 Å². The molecule has 1 heterocycles. The summed E-state index contributed by atoms with van der Waals surface area (Å²) < 4.78 is 0. The molecule has 7 heteroatoms. The molecule has 1 aromatic heterocycles. The first kappa shape index (κ1) is 18.0. The Labute approximate surface area is 146 Å². The number of halogens is 1. The molecule has 0 saturated carbocycles. The molecule has 2 amide bonds. The summed E-state index contributed by atoms with van der Waals surface area (Å²) in [6.07, 6.45) is 2.20. The average Bonchev–Trinajstić information content (AvgIpc) is 3.03. The Bertz CT molecular complexity index is 712. The zero-order chi connectivity index (χ0) is 17.5. The first-order valence-electron chi connectivity index (χ1n) is 7.82. The topological polar surface area (TPSA) is 86.9 Å². The lowest BCUT2D eigenvalue weighted by Gasteiger charge is -2.08. The van der Waals surface area contributed by atoms with Crippen molar-refractivity contribution in [3.8, 4) is 0 Å². The van der Waals surface area contributed by atoms with Crippen LogP contribution in [0.1, 0.15) is 46.8 Å². The number of carbonyl (C=O) groups excluding carboxylic acids is 2. The predicted octanol–water partition coefficient (Wildman–Crippen LogP) is 2.77. The van der Waals surface area contributed by atoms with Crippen molar-refractivity contribution in [3.05, 3.63) is 52.6 Å². The van der Waals surface area contributed by atoms with Crippen LogP contribution in [-0.2, 0) is 6.54 Å². The van der Waals surface area contributed by atoms with Gasteiger partial charge in [-0.2, -0.15) is 0 Å². The lowest BCUT2D eigenvalue weighted by atomic mass is 10.1. The number of imidazole rings is 1. The molecular formula is C17H21ClN4O2. The smallest absolute Gasteiger partial charge is 0.272 e. The van der Waals surface area contributed by atoms with E-state index in [0.717, 1.165) is 12.0 Å². The van der Waals surface area contributed by atoms with Gasteiger partial charge in [-0.3, -0.25) is 9.59 Å². The first-order chi connectivity index (χ1) is 11.5. The zero-order valence-corrected chi connectivity index (χ0v) is 14.5. The van der Waals surface area contributed by atoms with Crippen LogP contribution < -0.4 is 10.6 Å². The Morgan fingerprint density at radius 1 is 1.21 bits per heavy atom. The molecular weight excluding hydrogens is 328 g/mol. The van der Waals surface area contributed by atoms with Crippen LogP contribution >= 0.6 is 11.6 Å². The summed E-state index contributed by atoms with van der Waals surface area (Å²) in [6, 6.07) is 7.25. The molecule has 128 valence electrons. The van der Waals surface area contributed by atoms with Crippen molar-refractivity contribution in [2.45, 2.75) is 26.8 Å². The van der Waals surface area contributed by atoms with E-state index in [2.05, 4.69) is 34.4 Å². The largest absolute Gasteiger partial charge is 0.351 e. The third-order valence-corrected chi connectivity index (χ3v) is 3.85. The van der Waals surface area contributed by atoms with E-state index in [0.29, 0.717) is 17.5 Å². The van der Waals surface area contributed by atoms with E-state index in [1.807, 2.05) is 18.2 Å². The minimum absolute atomic E-state index is 0.0930. The molecule has 24 heavy (non-hydrogen) atoms. The summed E-state index contributed by atoms with van der Waals surface area (Å²) in [5, 5.41) is 6.09. The number of rotatable bonds is 7.